The average molecular weight is 586 g/mol. The summed E-state index contributed by atoms with van der Waals surface area (Å²) in [5.74, 6) is -2.17. The third kappa shape index (κ3) is 8.08. The molecule has 1 aromatic heterocycles. The van der Waals surface area contributed by atoms with Gasteiger partial charge in [-0.1, -0.05) is 35.9 Å². The zero-order chi connectivity index (χ0) is 29.4. The van der Waals surface area contributed by atoms with Crippen LogP contribution in [-0.4, -0.2) is 81.6 Å². The minimum Gasteiger partial charge on any atom is -0.480 e. The van der Waals surface area contributed by atoms with Crippen molar-refractivity contribution < 1.29 is 33.8 Å². The number of fused-ring (bicyclic) bond motifs is 1. The van der Waals surface area contributed by atoms with E-state index < -0.39 is 55.1 Å². The highest BCUT2D eigenvalue weighted by Crippen LogP contribution is 2.15. The molecule has 5 amide bonds. The SMILES string of the molecule is O=C(CN1C(=O)N[C@@H](CCCNc2nc3ccccc3[nH]2)C1=O)NC[C@H](NC(=O)OCc1cccc(Cl)c1)C(=O)O. The molecule has 0 saturated carbocycles. The predicted molar refractivity (Wildman–Crippen MR) is 147 cm³/mol. The topological polar surface area (TPSA) is 195 Å². The number of carboxylic acid groups (broad SMARTS) is 1. The van der Waals surface area contributed by atoms with Gasteiger partial charge in [0.25, 0.3) is 5.91 Å². The summed E-state index contributed by atoms with van der Waals surface area (Å²) in [7, 11) is 0. The number of nitrogens with zero attached hydrogens (tertiary/aromatic N) is 2. The number of aromatic nitrogens is 2. The van der Waals surface area contributed by atoms with Crippen molar-refractivity contribution in [3.63, 3.8) is 0 Å². The summed E-state index contributed by atoms with van der Waals surface area (Å²) in [4.78, 5) is 69.2. The molecule has 2 aromatic carbocycles. The van der Waals surface area contributed by atoms with Gasteiger partial charge in [-0.25, -0.2) is 19.4 Å². The van der Waals surface area contributed by atoms with Gasteiger partial charge >= 0.3 is 18.1 Å². The first-order chi connectivity index (χ1) is 19.7. The van der Waals surface area contributed by atoms with E-state index in [1.807, 2.05) is 24.3 Å². The number of hydrogen-bond donors (Lipinski definition) is 6. The Balaban J connectivity index is 1.17. The van der Waals surface area contributed by atoms with Crippen LogP contribution in [-0.2, 0) is 25.7 Å². The number of ether oxygens (including phenoxy) is 1. The molecule has 0 aliphatic carbocycles. The second-order valence-corrected chi connectivity index (χ2v) is 9.58. The molecule has 15 heteroatoms. The van der Waals surface area contributed by atoms with E-state index in [9.17, 15) is 29.1 Å². The van der Waals surface area contributed by atoms with Crippen LogP contribution in [0, 0.1) is 0 Å². The molecule has 1 aliphatic rings. The number of urea groups is 1. The van der Waals surface area contributed by atoms with Crippen LogP contribution in [0.1, 0.15) is 18.4 Å². The lowest BCUT2D eigenvalue weighted by Crippen LogP contribution is -2.50. The van der Waals surface area contributed by atoms with E-state index in [1.54, 1.807) is 24.3 Å². The number of carbonyl (C=O) groups excluding carboxylic acids is 4. The van der Waals surface area contributed by atoms with Crippen LogP contribution in [0.3, 0.4) is 0 Å². The number of benzene rings is 2. The molecular weight excluding hydrogens is 558 g/mol. The van der Waals surface area contributed by atoms with Gasteiger partial charge in [0.15, 0.2) is 0 Å². The number of hydrogen-bond acceptors (Lipinski definition) is 8. The van der Waals surface area contributed by atoms with Crippen molar-refractivity contribution in [1.82, 2.24) is 30.8 Å². The van der Waals surface area contributed by atoms with Gasteiger partial charge in [-0.3, -0.25) is 14.5 Å². The summed E-state index contributed by atoms with van der Waals surface area (Å²) < 4.78 is 5.00. The molecule has 6 N–H and O–H groups in total. The highest BCUT2D eigenvalue weighted by molar-refractivity contribution is 6.30. The molecule has 1 saturated heterocycles. The number of imidazole rings is 1. The van der Waals surface area contributed by atoms with Crippen molar-refractivity contribution in [2.75, 3.05) is 25.0 Å². The molecule has 4 rings (SSSR count). The van der Waals surface area contributed by atoms with E-state index in [0.717, 1.165) is 15.9 Å². The van der Waals surface area contributed by atoms with E-state index in [-0.39, 0.29) is 6.61 Å². The fourth-order valence-corrected chi connectivity index (χ4v) is 4.26. The molecule has 2 atom stereocenters. The van der Waals surface area contributed by atoms with Gasteiger partial charge in [0.05, 0.1) is 11.0 Å². The molecule has 3 aromatic rings. The number of amides is 5. The Kier molecular flexibility index (Phi) is 9.58. The number of H-pyrrole nitrogens is 1. The standard InChI is InChI=1S/C26H28ClN7O7/c27-16-6-3-5-15(11-16)14-41-26(40)33-20(23(37)38)12-29-21(35)13-34-22(36)19(32-25(34)39)9-4-10-28-24-30-17-7-1-2-8-18(17)31-24/h1-3,5-8,11,19-20H,4,9-10,12-14H2,(H,29,35)(H,32,39)(H,33,40)(H,37,38)(H2,28,30,31)/t19-,20-/m0/s1. The van der Waals surface area contributed by atoms with Gasteiger partial charge in [-0.15, -0.1) is 0 Å². The Labute approximate surface area is 238 Å². The summed E-state index contributed by atoms with van der Waals surface area (Å²) in [6.45, 7) is -0.760. The maximum absolute atomic E-state index is 12.7. The molecule has 1 fully saturated rings. The maximum Gasteiger partial charge on any atom is 0.408 e. The molecule has 0 radical (unpaired) electrons. The molecule has 0 spiro atoms. The minimum atomic E-state index is -1.51. The number of alkyl carbamates (subject to hydrolysis) is 1. The number of aromatic amines is 1. The zero-order valence-electron chi connectivity index (χ0n) is 21.7. The van der Waals surface area contributed by atoms with Crippen LogP contribution in [0.25, 0.3) is 11.0 Å². The lowest BCUT2D eigenvalue weighted by molar-refractivity contribution is -0.139. The van der Waals surface area contributed by atoms with Crippen molar-refractivity contribution in [1.29, 1.82) is 0 Å². The van der Waals surface area contributed by atoms with E-state index in [0.29, 0.717) is 35.9 Å². The second kappa shape index (κ2) is 13.5. The third-order valence-corrected chi connectivity index (χ3v) is 6.35. The lowest BCUT2D eigenvalue weighted by Gasteiger charge is -2.17. The Morgan fingerprint density at radius 3 is 2.71 bits per heavy atom. The van der Waals surface area contributed by atoms with Crippen molar-refractivity contribution in [3.8, 4) is 0 Å². The molecule has 1 aliphatic heterocycles. The number of para-hydroxylation sites is 2. The number of anilines is 1. The Morgan fingerprint density at radius 2 is 1.95 bits per heavy atom. The predicted octanol–water partition coefficient (Wildman–Crippen LogP) is 1.82. The van der Waals surface area contributed by atoms with Gasteiger partial charge < -0.3 is 36.1 Å². The quantitative estimate of drug-likeness (QED) is 0.128. The van der Waals surface area contributed by atoms with Gasteiger partial charge in [0.2, 0.25) is 11.9 Å². The molecule has 14 nitrogen and oxygen atoms in total. The van der Waals surface area contributed by atoms with Crippen LogP contribution < -0.4 is 21.3 Å². The number of rotatable bonds is 13. The monoisotopic (exact) mass is 585 g/mol. The van der Waals surface area contributed by atoms with Crippen molar-refractivity contribution >= 4 is 58.5 Å². The van der Waals surface area contributed by atoms with Crippen molar-refractivity contribution in [2.24, 2.45) is 0 Å². The first-order valence-electron chi connectivity index (χ1n) is 12.7. The van der Waals surface area contributed by atoms with Gasteiger partial charge in [0, 0.05) is 18.1 Å². The molecule has 216 valence electrons. The number of halogens is 1. The van der Waals surface area contributed by atoms with Crippen LogP contribution in [0.4, 0.5) is 15.5 Å². The number of aliphatic carboxylic acids is 1. The summed E-state index contributed by atoms with van der Waals surface area (Å²) in [6.07, 6.45) is -0.149. The third-order valence-electron chi connectivity index (χ3n) is 6.11. The highest BCUT2D eigenvalue weighted by Gasteiger charge is 2.38. The van der Waals surface area contributed by atoms with Gasteiger partial charge in [-0.2, -0.15) is 0 Å². The van der Waals surface area contributed by atoms with E-state index in [2.05, 4.69) is 31.2 Å². The molecule has 0 bridgehead atoms. The number of carboxylic acids is 1. The summed E-state index contributed by atoms with van der Waals surface area (Å²) in [5, 5.41) is 20.0. The number of imide groups is 1. The van der Waals surface area contributed by atoms with Crippen LogP contribution in [0.2, 0.25) is 5.02 Å². The summed E-state index contributed by atoms with van der Waals surface area (Å²) >= 11 is 5.88. The van der Waals surface area contributed by atoms with E-state index in [1.165, 1.54) is 0 Å². The fourth-order valence-electron chi connectivity index (χ4n) is 4.05. The first kappa shape index (κ1) is 29.1. The summed E-state index contributed by atoms with van der Waals surface area (Å²) in [6, 6.07) is 11.1. The lowest BCUT2D eigenvalue weighted by atomic mass is 10.1. The largest absolute Gasteiger partial charge is 0.480 e. The normalized spacial score (nSPS) is 15.3. The van der Waals surface area contributed by atoms with Crippen molar-refractivity contribution in [2.45, 2.75) is 31.5 Å². The molecule has 2 heterocycles. The van der Waals surface area contributed by atoms with Crippen LogP contribution >= 0.6 is 11.6 Å². The van der Waals surface area contributed by atoms with E-state index in [4.69, 9.17) is 16.3 Å². The molecule has 41 heavy (non-hydrogen) atoms. The fraction of sp³-hybridized carbons (Fsp3) is 0.308. The van der Waals surface area contributed by atoms with Crippen LogP contribution in [0.5, 0.6) is 0 Å². The maximum atomic E-state index is 12.7. The second-order valence-electron chi connectivity index (χ2n) is 9.14. The Morgan fingerprint density at radius 1 is 1.15 bits per heavy atom. The minimum absolute atomic E-state index is 0.144. The smallest absolute Gasteiger partial charge is 0.408 e. The Hall–Kier alpha value is -4.85. The summed E-state index contributed by atoms with van der Waals surface area (Å²) in [5.41, 5.74) is 2.31. The van der Waals surface area contributed by atoms with Crippen LogP contribution in [0.15, 0.2) is 48.5 Å². The zero-order valence-corrected chi connectivity index (χ0v) is 22.4. The van der Waals surface area contributed by atoms with Gasteiger partial charge in [0.1, 0.15) is 25.2 Å². The van der Waals surface area contributed by atoms with E-state index >= 15 is 0 Å². The average Bonchev–Trinajstić information content (AvgIpc) is 3.47. The highest BCUT2D eigenvalue weighted by atomic mass is 35.5. The Bertz CT molecular complexity index is 1410. The van der Waals surface area contributed by atoms with Gasteiger partial charge in [-0.05, 0) is 42.7 Å². The number of carbonyl (C=O) groups is 5. The molecular formula is C26H28ClN7O7. The molecule has 0 unspecified atom stereocenters. The van der Waals surface area contributed by atoms with Crippen molar-refractivity contribution in [3.05, 3.63) is 59.1 Å². The first-order valence-corrected chi connectivity index (χ1v) is 13.0. The number of nitrogens with one attached hydrogen (secondary N) is 5.